The molecule has 0 saturated carbocycles. The van der Waals surface area contributed by atoms with Gasteiger partial charge in [-0.25, -0.2) is 4.79 Å². The second kappa shape index (κ2) is 5.47. The van der Waals surface area contributed by atoms with Crippen LogP contribution < -0.4 is 0 Å². The third kappa shape index (κ3) is 3.34. The quantitative estimate of drug-likeness (QED) is 0.851. The number of alkyl halides is 3. The van der Waals surface area contributed by atoms with Gasteiger partial charge in [0.2, 0.25) is 0 Å². The average molecular weight is 296 g/mol. The van der Waals surface area contributed by atoms with Crippen LogP contribution in [0.5, 0.6) is 0 Å². The van der Waals surface area contributed by atoms with Crippen molar-refractivity contribution in [3.8, 4) is 11.3 Å². The highest BCUT2D eigenvalue weighted by Crippen LogP contribution is 2.37. The number of benzene rings is 1. The van der Waals surface area contributed by atoms with Crippen molar-refractivity contribution in [1.82, 2.24) is 0 Å². The van der Waals surface area contributed by atoms with Crippen molar-refractivity contribution in [2.24, 2.45) is 0 Å². The molecule has 0 spiro atoms. The van der Waals surface area contributed by atoms with Gasteiger partial charge in [0.15, 0.2) is 0 Å². The molecule has 0 unspecified atom stereocenters. The molecule has 0 saturated heterocycles. The summed E-state index contributed by atoms with van der Waals surface area (Å²) in [6.45, 7) is 1.37. The summed E-state index contributed by atoms with van der Waals surface area (Å²) in [5.41, 5.74) is -0.859. The third-order valence-corrected chi connectivity index (χ3v) is 2.82. The normalized spacial score (nSPS) is 12.5. The molecule has 0 atom stereocenters. The van der Waals surface area contributed by atoms with E-state index in [4.69, 9.17) is 9.52 Å². The molecule has 110 valence electrons. The molecule has 1 heterocycles. The van der Waals surface area contributed by atoms with E-state index in [-0.39, 0.29) is 22.7 Å². The SMILES string of the molecule is C/C(=C\c1ccc(-c2ccccc2C(F)(F)F)o1)C(=O)O. The summed E-state index contributed by atoms with van der Waals surface area (Å²) in [6.07, 6.45) is -3.24. The third-order valence-electron chi connectivity index (χ3n) is 2.82. The van der Waals surface area contributed by atoms with Crippen LogP contribution in [0.15, 0.2) is 46.4 Å². The summed E-state index contributed by atoms with van der Waals surface area (Å²) >= 11 is 0. The van der Waals surface area contributed by atoms with Gasteiger partial charge in [0, 0.05) is 11.1 Å². The first-order valence-corrected chi connectivity index (χ1v) is 5.97. The molecule has 0 fully saturated rings. The summed E-state index contributed by atoms with van der Waals surface area (Å²) in [4.78, 5) is 10.7. The first-order chi connectivity index (χ1) is 9.79. The van der Waals surface area contributed by atoms with Crippen LogP contribution in [0.4, 0.5) is 13.2 Å². The Morgan fingerprint density at radius 2 is 1.86 bits per heavy atom. The predicted octanol–water partition coefficient (Wildman–Crippen LogP) is 4.45. The molecule has 0 radical (unpaired) electrons. The maximum Gasteiger partial charge on any atom is 0.417 e. The van der Waals surface area contributed by atoms with E-state index in [1.807, 2.05) is 0 Å². The Morgan fingerprint density at radius 3 is 2.48 bits per heavy atom. The van der Waals surface area contributed by atoms with Crippen LogP contribution in [0.2, 0.25) is 0 Å². The fourth-order valence-electron chi connectivity index (χ4n) is 1.80. The number of hydrogen-bond acceptors (Lipinski definition) is 2. The number of carboxylic acids is 1. The van der Waals surface area contributed by atoms with Crippen molar-refractivity contribution in [1.29, 1.82) is 0 Å². The Kier molecular flexibility index (Phi) is 3.88. The summed E-state index contributed by atoms with van der Waals surface area (Å²) in [7, 11) is 0. The van der Waals surface area contributed by atoms with Crippen molar-refractivity contribution < 1.29 is 27.5 Å². The summed E-state index contributed by atoms with van der Waals surface area (Å²) in [5, 5.41) is 8.76. The Hall–Kier alpha value is -2.50. The summed E-state index contributed by atoms with van der Waals surface area (Å²) in [5.74, 6) is -0.905. The smallest absolute Gasteiger partial charge is 0.417 e. The average Bonchev–Trinajstić information content (AvgIpc) is 2.86. The Bertz CT molecular complexity index is 696. The molecular formula is C15H11F3O3. The zero-order chi connectivity index (χ0) is 15.6. The highest BCUT2D eigenvalue weighted by Gasteiger charge is 2.34. The highest BCUT2D eigenvalue weighted by atomic mass is 19.4. The minimum atomic E-state index is -4.49. The molecule has 1 aromatic carbocycles. The van der Waals surface area contributed by atoms with E-state index in [9.17, 15) is 18.0 Å². The monoisotopic (exact) mass is 296 g/mol. The number of rotatable bonds is 3. The van der Waals surface area contributed by atoms with Gasteiger partial charge in [0.1, 0.15) is 11.5 Å². The van der Waals surface area contributed by atoms with E-state index in [1.165, 1.54) is 43.3 Å². The summed E-state index contributed by atoms with van der Waals surface area (Å²) in [6, 6.07) is 7.85. The Morgan fingerprint density at radius 1 is 1.19 bits per heavy atom. The number of carboxylic acid groups (broad SMARTS) is 1. The van der Waals surface area contributed by atoms with Gasteiger partial charge >= 0.3 is 12.1 Å². The minimum Gasteiger partial charge on any atom is -0.478 e. The van der Waals surface area contributed by atoms with Crippen molar-refractivity contribution >= 4 is 12.0 Å². The minimum absolute atomic E-state index is 0.0278. The number of hydrogen-bond donors (Lipinski definition) is 1. The molecule has 0 aliphatic heterocycles. The number of carbonyl (C=O) groups is 1. The van der Waals surface area contributed by atoms with E-state index >= 15 is 0 Å². The Balaban J connectivity index is 2.44. The van der Waals surface area contributed by atoms with Gasteiger partial charge in [-0.05, 0) is 31.2 Å². The number of aliphatic carboxylic acids is 1. The largest absolute Gasteiger partial charge is 0.478 e. The van der Waals surface area contributed by atoms with Crippen molar-refractivity contribution in [3.05, 3.63) is 53.3 Å². The predicted molar refractivity (Wildman–Crippen MR) is 70.4 cm³/mol. The van der Waals surface area contributed by atoms with Gasteiger partial charge in [0.05, 0.1) is 5.56 Å². The lowest BCUT2D eigenvalue weighted by atomic mass is 10.1. The van der Waals surface area contributed by atoms with Crippen LogP contribution >= 0.6 is 0 Å². The van der Waals surface area contributed by atoms with Crippen LogP contribution in [-0.2, 0) is 11.0 Å². The van der Waals surface area contributed by atoms with E-state index in [0.29, 0.717) is 0 Å². The van der Waals surface area contributed by atoms with Crippen molar-refractivity contribution in [2.45, 2.75) is 13.1 Å². The number of furan rings is 1. The lowest BCUT2D eigenvalue weighted by Crippen LogP contribution is -2.06. The first kappa shape index (κ1) is 14.9. The molecule has 2 rings (SSSR count). The maximum absolute atomic E-state index is 12.9. The van der Waals surface area contributed by atoms with Gasteiger partial charge in [-0.3, -0.25) is 0 Å². The van der Waals surface area contributed by atoms with Crippen LogP contribution in [-0.4, -0.2) is 11.1 Å². The fraction of sp³-hybridized carbons (Fsp3) is 0.133. The van der Waals surface area contributed by atoms with Crippen LogP contribution in [0.1, 0.15) is 18.2 Å². The molecule has 0 bridgehead atoms. The van der Waals surface area contributed by atoms with Gasteiger partial charge < -0.3 is 9.52 Å². The van der Waals surface area contributed by atoms with E-state index in [1.54, 1.807) is 0 Å². The van der Waals surface area contributed by atoms with Gasteiger partial charge in [-0.1, -0.05) is 18.2 Å². The molecule has 1 aromatic heterocycles. The van der Waals surface area contributed by atoms with E-state index in [2.05, 4.69) is 0 Å². The van der Waals surface area contributed by atoms with Gasteiger partial charge in [-0.2, -0.15) is 13.2 Å². The van der Waals surface area contributed by atoms with E-state index in [0.717, 1.165) is 6.07 Å². The molecule has 2 aromatic rings. The molecular weight excluding hydrogens is 285 g/mol. The van der Waals surface area contributed by atoms with Gasteiger partial charge in [-0.15, -0.1) is 0 Å². The molecule has 3 nitrogen and oxygen atoms in total. The lowest BCUT2D eigenvalue weighted by Gasteiger charge is -2.10. The van der Waals surface area contributed by atoms with Crippen LogP contribution in [0, 0.1) is 0 Å². The van der Waals surface area contributed by atoms with Crippen molar-refractivity contribution in [2.75, 3.05) is 0 Å². The van der Waals surface area contributed by atoms with Crippen LogP contribution in [0.25, 0.3) is 17.4 Å². The van der Waals surface area contributed by atoms with Gasteiger partial charge in [0.25, 0.3) is 0 Å². The zero-order valence-corrected chi connectivity index (χ0v) is 10.9. The number of halogens is 3. The standard InChI is InChI=1S/C15H11F3O3/c1-9(14(19)20)8-10-6-7-13(21-10)11-4-2-3-5-12(11)15(16,17)18/h2-8H,1H3,(H,19,20)/b9-8+. The van der Waals surface area contributed by atoms with Crippen LogP contribution in [0.3, 0.4) is 0 Å². The Labute approximate surface area is 118 Å². The molecule has 1 N–H and O–H groups in total. The first-order valence-electron chi connectivity index (χ1n) is 5.97. The molecule has 0 amide bonds. The molecule has 6 heteroatoms. The second-order valence-electron chi connectivity index (χ2n) is 4.38. The second-order valence-corrected chi connectivity index (χ2v) is 4.38. The van der Waals surface area contributed by atoms with Crippen molar-refractivity contribution in [3.63, 3.8) is 0 Å². The highest BCUT2D eigenvalue weighted by molar-refractivity contribution is 5.91. The fourth-order valence-corrected chi connectivity index (χ4v) is 1.80. The lowest BCUT2D eigenvalue weighted by molar-refractivity contribution is -0.137. The zero-order valence-electron chi connectivity index (χ0n) is 10.9. The molecule has 0 aliphatic carbocycles. The molecule has 0 aliphatic rings. The van der Waals surface area contributed by atoms with E-state index < -0.39 is 17.7 Å². The maximum atomic E-state index is 12.9. The molecule has 21 heavy (non-hydrogen) atoms. The summed E-state index contributed by atoms with van der Waals surface area (Å²) < 4.78 is 44.1. The topological polar surface area (TPSA) is 50.4 Å².